The van der Waals surface area contributed by atoms with Crippen LogP contribution in [0.4, 0.5) is 0 Å². The predicted octanol–water partition coefficient (Wildman–Crippen LogP) is -1.10. The molecule has 0 saturated carbocycles. The molecule has 0 aliphatic carbocycles. The van der Waals surface area contributed by atoms with Crippen LogP contribution < -0.4 is 10.6 Å². The van der Waals surface area contributed by atoms with E-state index >= 15 is 0 Å². The third-order valence-electron chi connectivity index (χ3n) is 3.01. The summed E-state index contributed by atoms with van der Waals surface area (Å²) in [6, 6.07) is 0.181. The highest BCUT2D eigenvalue weighted by atomic mass is 32.2. The van der Waals surface area contributed by atoms with Crippen molar-refractivity contribution < 1.29 is 13.2 Å². The molecular weight excluding hydrogens is 216 g/mol. The van der Waals surface area contributed by atoms with E-state index in [1.54, 1.807) is 0 Å². The summed E-state index contributed by atoms with van der Waals surface area (Å²) in [7, 11) is -2.95. The van der Waals surface area contributed by atoms with Crippen molar-refractivity contribution in [3.63, 3.8) is 0 Å². The van der Waals surface area contributed by atoms with Crippen molar-refractivity contribution in [2.45, 2.75) is 18.9 Å². The van der Waals surface area contributed by atoms with Gasteiger partial charge in [0.2, 0.25) is 5.91 Å². The second-order valence-electron chi connectivity index (χ2n) is 4.30. The second-order valence-corrected chi connectivity index (χ2v) is 6.53. The third-order valence-corrected chi connectivity index (χ3v) is 4.78. The van der Waals surface area contributed by atoms with Gasteiger partial charge < -0.3 is 10.6 Å². The summed E-state index contributed by atoms with van der Waals surface area (Å²) in [5.74, 6) is -0.229. The van der Waals surface area contributed by atoms with Gasteiger partial charge >= 0.3 is 0 Å². The maximum atomic E-state index is 11.7. The van der Waals surface area contributed by atoms with E-state index in [4.69, 9.17) is 0 Å². The summed E-state index contributed by atoms with van der Waals surface area (Å²) in [4.78, 5) is 11.7. The summed E-state index contributed by atoms with van der Waals surface area (Å²) in [6.07, 6.45) is 1.42. The van der Waals surface area contributed by atoms with Crippen LogP contribution in [-0.4, -0.2) is 45.0 Å². The van der Waals surface area contributed by atoms with Crippen LogP contribution in [0.25, 0.3) is 0 Å². The Morgan fingerprint density at radius 3 is 2.67 bits per heavy atom. The van der Waals surface area contributed by atoms with Crippen molar-refractivity contribution >= 4 is 15.7 Å². The number of hydrogen-bond donors (Lipinski definition) is 2. The Bertz CT molecular complexity index is 346. The zero-order valence-electron chi connectivity index (χ0n) is 8.53. The van der Waals surface area contributed by atoms with Crippen LogP contribution in [-0.2, 0) is 14.6 Å². The van der Waals surface area contributed by atoms with Gasteiger partial charge in [0.25, 0.3) is 0 Å². The van der Waals surface area contributed by atoms with Gasteiger partial charge in [0, 0.05) is 12.6 Å². The van der Waals surface area contributed by atoms with Crippen LogP contribution in [0.5, 0.6) is 0 Å². The van der Waals surface area contributed by atoms with Crippen LogP contribution >= 0.6 is 0 Å². The second kappa shape index (κ2) is 4.09. The molecule has 0 bridgehead atoms. The SMILES string of the molecule is O=C(NC1CCNC1)C1CCS(=O)(=O)C1. The maximum Gasteiger partial charge on any atom is 0.224 e. The highest BCUT2D eigenvalue weighted by Crippen LogP contribution is 2.18. The van der Waals surface area contributed by atoms with Gasteiger partial charge in [0.15, 0.2) is 9.84 Å². The quantitative estimate of drug-likeness (QED) is 0.633. The highest BCUT2D eigenvalue weighted by molar-refractivity contribution is 7.91. The fourth-order valence-corrected chi connectivity index (χ4v) is 3.84. The molecule has 2 rings (SSSR count). The van der Waals surface area contributed by atoms with Gasteiger partial charge in [-0.25, -0.2) is 8.42 Å². The Morgan fingerprint density at radius 2 is 2.13 bits per heavy atom. The lowest BCUT2D eigenvalue weighted by Crippen LogP contribution is -2.40. The largest absolute Gasteiger partial charge is 0.352 e. The monoisotopic (exact) mass is 232 g/mol. The molecule has 6 heteroatoms. The van der Waals surface area contributed by atoms with Gasteiger partial charge in [-0.05, 0) is 19.4 Å². The first-order chi connectivity index (χ1) is 7.07. The molecule has 0 aromatic heterocycles. The van der Waals surface area contributed by atoms with Crippen molar-refractivity contribution in [2.75, 3.05) is 24.6 Å². The first kappa shape index (κ1) is 10.9. The van der Waals surface area contributed by atoms with Gasteiger partial charge in [0.1, 0.15) is 0 Å². The first-order valence-corrected chi connectivity index (χ1v) is 7.10. The van der Waals surface area contributed by atoms with Crippen LogP contribution in [0.15, 0.2) is 0 Å². The molecule has 2 N–H and O–H groups in total. The Kier molecular flexibility index (Phi) is 2.97. The van der Waals surface area contributed by atoms with E-state index in [1.165, 1.54) is 0 Å². The molecule has 2 aliphatic rings. The lowest BCUT2D eigenvalue weighted by atomic mass is 10.1. The van der Waals surface area contributed by atoms with E-state index in [9.17, 15) is 13.2 Å². The smallest absolute Gasteiger partial charge is 0.224 e. The van der Waals surface area contributed by atoms with E-state index in [0.717, 1.165) is 19.5 Å². The zero-order valence-corrected chi connectivity index (χ0v) is 9.35. The standard InChI is InChI=1S/C9H16N2O3S/c12-9(11-8-1-3-10-5-8)7-2-4-15(13,14)6-7/h7-8,10H,1-6H2,(H,11,12). The molecule has 0 spiro atoms. The molecule has 2 heterocycles. The molecule has 0 radical (unpaired) electrons. The minimum Gasteiger partial charge on any atom is -0.352 e. The Hall–Kier alpha value is -0.620. The summed E-state index contributed by atoms with van der Waals surface area (Å²) in [6.45, 7) is 1.72. The first-order valence-electron chi connectivity index (χ1n) is 5.28. The molecule has 86 valence electrons. The number of sulfone groups is 1. The maximum absolute atomic E-state index is 11.7. The van der Waals surface area contributed by atoms with Crippen molar-refractivity contribution in [3.8, 4) is 0 Å². The van der Waals surface area contributed by atoms with E-state index < -0.39 is 9.84 Å². The van der Waals surface area contributed by atoms with Gasteiger partial charge in [-0.1, -0.05) is 0 Å². The van der Waals surface area contributed by atoms with Crippen molar-refractivity contribution in [1.82, 2.24) is 10.6 Å². The predicted molar refractivity (Wildman–Crippen MR) is 56.2 cm³/mol. The topological polar surface area (TPSA) is 75.3 Å². The molecule has 2 aliphatic heterocycles. The molecule has 2 saturated heterocycles. The van der Waals surface area contributed by atoms with Crippen LogP contribution in [0, 0.1) is 5.92 Å². The zero-order chi connectivity index (χ0) is 10.9. The number of hydrogen-bond acceptors (Lipinski definition) is 4. The molecule has 15 heavy (non-hydrogen) atoms. The Morgan fingerprint density at radius 1 is 1.33 bits per heavy atom. The Labute approximate surface area is 89.5 Å². The molecular formula is C9H16N2O3S. The van der Waals surface area contributed by atoms with Crippen LogP contribution in [0.1, 0.15) is 12.8 Å². The summed E-state index contributed by atoms with van der Waals surface area (Å²) < 4.78 is 22.4. The highest BCUT2D eigenvalue weighted by Gasteiger charge is 2.33. The number of nitrogens with one attached hydrogen (secondary N) is 2. The van der Waals surface area contributed by atoms with E-state index in [2.05, 4.69) is 10.6 Å². The van der Waals surface area contributed by atoms with Gasteiger partial charge in [0.05, 0.1) is 17.4 Å². The minimum atomic E-state index is -2.95. The van der Waals surface area contributed by atoms with E-state index in [-0.39, 0.29) is 29.4 Å². The lowest BCUT2D eigenvalue weighted by molar-refractivity contribution is -0.124. The van der Waals surface area contributed by atoms with Crippen LogP contribution in [0.2, 0.25) is 0 Å². The van der Waals surface area contributed by atoms with Gasteiger partial charge in [-0.2, -0.15) is 0 Å². The normalized spacial score (nSPS) is 34.1. The number of amides is 1. The van der Waals surface area contributed by atoms with E-state index in [0.29, 0.717) is 6.42 Å². The fraction of sp³-hybridized carbons (Fsp3) is 0.889. The van der Waals surface area contributed by atoms with E-state index in [1.807, 2.05) is 0 Å². The molecule has 0 aromatic carbocycles. The fourth-order valence-electron chi connectivity index (χ4n) is 2.10. The number of carbonyl (C=O) groups is 1. The lowest BCUT2D eigenvalue weighted by Gasteiger charge is -2.14. The van der Waals surface area contributed by atoms with Crippen molar-refractivity contribution in [1.29, 1.82) is 0 Å². The summed E-state index contributed by atoms with van der Waals surface area (Å²) in [5, 5.41) is 6.04. The molecule has 0 aromatic rings. The van der Waals surface area contributed by atoms with Crippen molar-refractivity contribution in [3.05, 3.63) is 0 Å². The summed E-state index contributed by atoms with van der Waals surface area (Å²) in [5.41, 5.74) is 0. The third kappa shape index (κ3) is 2.69. The summed E-state index contributed by atoms with van der Waals surface area (Å²) >= 11 is 0. The Balaban J connectivity index is 1.86. The van der Waals surface area contributed by atoms with Crippen molar-refractivity contribution in [2.24, 2.45) is 5.92 Å². The van der Waals surface area contributed by atoms with Gasteiger partial charge in [-0.15, -0.1) is 0 Å². The average molecular weight is 232 g/mol. The van der Waals surface area contributed by atoms with Crippen LogP contribution in [0.3, 0.4) is 0 Å². The molecule has 2 atom stereocenters. The average Bonchev–Trinajstić information content (AvgIpc) is 2.74. The number of rotatable bonds is 2. The molecule has 2 unspecified atom stereocenters. The van der Waals surface area contributed by atoms with Gasteiger partial charge in [-0.3, -0.25) is 4.79 Å². The minimum absolute atomic E-state index is 0.0268. The molecule has 1 amide bonds. The molecule has 2 fully saturated rings. The number of carbonyl (C=O) groups excluding carboxylic acids is 1. The molecule has 5 nitrogen and oxygen atoms in total.